The number of rotatable bonds is 5. The van der Waals surface area contributed by atoms with Crippen molar-refractivity contribution < 1.29 is 11.0 Å². The van der Waals surface area contributed by atoms with Gasteiger partial charge in [-0.1, -0.05) is 152 Å². The van der Waals surface area contributed by atoms with Gasteiger partial charge < -0.3 is 4.90 Å². The Balaban J connectivity index is 1.37. The predicted octanol–water partition coefficient (Wildman–Crippen LogP) is 13.1. The summed E-state index contributed by atoms with van der Waals surface area (Å²) in [5.74, 6) is 0. The fraction of sp³-hybridized carbons (Fsp3) is 0. The Bertz CT molecular complexity index is 2980. The van der Waals surface area contributed by atoms with E-state index in [0.717, 1.165) is 37.7 Å². The van der Waals surface area contributed by atoms with Gasteiger partial charge in [-0.3, -0.25) is 0 Å². The Morgan fingerprint density at radius 1 is 0.319 bits per heavy atom. The SMILES string of the molecule is [2H]c1c([2H])c(N(c2c([2H])c([2H])c(-c3ccc4ccc5ccccc5c4c3)c([2H])c2[2H])c2cc3ccccc3c3ccccc23)c([2H])c([2H])c1-c1ccccc1. The minimum Gasteiger partial charge on any atom is -0.310 e. The van der Waals surface area contributed by atoms with Crippen molar-refractivity contribution in [2.75, 3.05) is 4.90 Å². The fourth-order valence-electron chi connectivity index (χ4n) is 6.46. The average Bonchev–Trinajstić information content (AvgIpc) is 3.22. The average molecular weight is 606 g/mol. The summed E-state index contributed by atoms with van der Waals surface area (Å²) in [6.45, 7) is 0. The topological polar surface area (TPSA) is 3.24 Å². The Labute approximate surface area is 285 Å². The lowest BCUT2D eigenvalue weighted by Crippen LogP contribution is -2.10. The van der Waals surface area contributed by atoms with Crippen LogP contribution >= 0.6 is 0 Å². The minimum absolute atomic E-state index is 0.121. The standard InChI is InChI=1S/C46H31N/c1-2-10-32(11-3-1)33-22-26-39(27-23-33)47(46-31-38-13-5-7-15-42(38)43-16-8-9-17-44(43)46)40-28-24-34(25-29-40)37-21-20-36-19-18-35-12-4-6-14-41(35)45(36)30-37/h1-31H/i22D,23D,24D,25D,26D,27D,28D,29D. The van der Waals surface area contributed by atoms with Gasteiger partial charge in [-0.05, 0) is 96.3 Å². The van der Waals surface area contributed by atoms with Gasteiger partial charge in [-0.15, -0.1) is 0 Å². The van der Waals surface area contributed by atoms with Gasteiger partial charge in [-0.2, -0.15) is 0 Å². The monoisotopic (exact) mass is 605 g/mol. The number of benzene rings is 9. The molecule has 0 aliphatic heterocycles. The summed E-state index contributed by atoms with van der Waals surface area (Å²) in [6, 6.07) is 41.0. The maximum atomic E-state index is 9.59. The molecule has 0 heterocycles. The smallest absolute Gasteiger partial charge is 0.0645 e. The van der Waals surface area contributed by atoms with Crippen molar-refractivity contribution in [2.24, 2.45) is 0 Å². The van der Waals surface area contributed by atoms with E-state index in [9.17, 15) is 11.0 Å². The van der Waals surface area contributed by atoms with Gasteiger partial charge >= 0.3 is 0 Å². The zero-order chi connectivity index (χ0) is 38.1. The molecule has 9 rings (SSSR count). The van der Waals surface area contributed by atoms with Crippen LogP contribution in [0.1, 0.15) is 11.0 Å². The van der Waals surface area contributed by atoms with Gasteiger partial charge in [0, 0.05) is 16.8 Å². The van der Waals surface area contributed by atoms with E-state index >= 15 is 0 Å². The zero-order valence-corrected chi connectivity index (χ0v) is 25.2. The molecule has 1 nitrogen and oxygen atoms in total. The highest BCUT2D eigenvalue weighted by molar-refractivity contribution is 6.14. The van der Waals surface area contributed by atoms with Crippen molar-refractivity contribution in [3.8, 4) is 22.3 Å². The number of nitrogens with zero attached hydrogens (tertiary/aromatic N) is 1. The summed E-state index contributed by atoms with van der Waals surface area (Å²) in [4.78, 5) is 1.41. The van der Waals surface area contributed by atoms with Gasteiger partial charge in [0.15, 0.2) is 0 Å². The molecule has 0 bridgehead atoms. The van der Waals surface area contributed by atoms with Crippen LogP contribution in [-0.4, -0.2) is 0 Å². The zero-order valence-electron chi connectivity index (χ0n) is 33.2. The summed E-state index contributed by atoms with van der Waals surface area (Å²) in [5, 5.41) is 7.21. The highest BCUT2D eigenvalue weighted by Crippen LogP contribution is 2.43. The molecule has 0 N–H and O–H groups in total. The van der Waals surface area contributed by atoms with Gasteiger partial charge in [0.05, 0.1) is 16.7 Å². The second kappa shape index (κ2) is 11.3. The molecule has 1 heteroatoms. The van der Waals surface area contributed by atoms with Crippen LogP contribution in [0.2, 0.25) is 0 Å². The molecule has 0 aliphatic carbocycles. The molecule has 0 saturated carbocycles. The summed E-state index contributed by atoms with van der Waals surface area (Å²) in [6.07, 6.45) is 0. The minimum atomic E-state index is -0.379. The van der Waals surface area contributed by atoms with E-state index in [4.69, 9.17) is 0 Å². The second-order valence-corrected chi connectivity index (χ2v) is 11.5. The highest BCUT2D eigenvalue weighted by Gasteiger charge is 2.18. The number of hydrogen-bond donors (Lipinski definition) is 0. The van der Waals surface area contributed by atoms with Crippen LogP contribution in [0.4, 0.5) is 17.1 Å². The first kappa shape index (κ1) is 20.0. The Morgan fingerprint density at radius 3 is 1.49 bits per heavy atom. The lowest BCUT2D eigenvalue weighted by atomic mass is 9.96. The van der Waals surface area contributed by atoms with E-state index in [-0.39, 0.29) is 70.8 Å². The molecule has 0 fully saturated rings. The normalized spacial score (nSPS) is 13.8. The number of anilines is 3. The first-order chi connectivity index (χ1) is 26.7. The van der Waals surface area contributed by atoms with Crippen LogP contribution in [0.25, 0.3) is 65.3 Å². The lowest BCUT2D eigenvalue weighted by molar-refractivity contribution is 1.30. The molecule has 0 aromatic heterocycles. The Kier molecular flexibility index (Phi) is 4.83. The van der Waals surface area contributed by atoms with E-state index in [1.165, 1.54) is 4.90 Å². The third-order valence-electron chi connectivity index (χ3n) is 8.76. The third-order valence-corrected chi connectivity index (χ3v) is 8.76. The van der Waals surface area contributed by atoms with E-state index in [0.29, 0.717) is 22.2 Å². The molecule has 9 aromatic rings. The lowest BCUT2D eigenvalue weighted by Gasteiger charge is -2.28. The summed E-state index contributed by atoms with van der Waals surface area (Å²) < 4.78 is 75.4. The first-order valence-electron chi connectivity index (χ1n) is 19.5. The van der Waals surface area contributed by atoms with Crippen molar-refractivity contribution in [1.29, 1.82) is 0 Å². The van der Waals surface area contributed by atoms with E-state index in [1.54, 1.807) is 30.3 Å². The molecule has 0 unspecified atom stereocenters. The molecule has 9 aromatic carbocycles. The molecule has 0 atom stereocenters. The Hall–Kier alpha value is -6.18. The highest BCUT2D eigenvalue weighted by atomic mass is 15.1. The van der Waals surface area contributed by atoms with Crippen LogP contribution in [0.3, 0.4) is 0 Å². The quantitative estimate of drug-likeness (QED) is 0.176. The first-order valence-corrected chi connectivity index (χ1v) is 15.5. The molecule has 0 radical (unpaired) electrons. The molecule has 0 spiro atoms. The van der Waals surface area contributed by atoms with Crippen LogP contribution in [0, 0.1) is 0 Å². The van der Waals surface area contributed by atoms with Gasteiger partial charge in [0.2, 0.25) is 0 Å². The van der Waals surface area contributed by atoms with Crippen LogP contribution in [-0.2, 0) is 0 Å². The molecule has 220 valence electrons. The van der Waals surface area contributed by atoms with Crippen LogP contribution < -0.4 is 4.90 Å². The molecular weight excluding hydrogens is 567 g/mol. The van der Waals surface area contributed by atoms with Crippen LogP contribution in [0.15, 0.2) is 188 Å². The second-order valence-electron chi connectivity index (χ2n) is 11.5. The van der Waals surface area contributed by atoms with Crippen molar-refractivity contribution >= 4 is 60.2 Å². The molecular formula is C46H31N. The van der Waals surface area contributed by atoms with Gasteiger partial charge in [0.25, 0.3) is 0 Å². The third kappa shape index (κ3) is 4.81. The number of fused-ring (bicyclic) bond motifs is 6. The molecule has 0 saturated heterocycles. The van der Waals surface area contributed by atoms with E-state index in [1.807, 2.05) is 109 Å². The van der Waals surface area contributed by atoms with Crippen LogP contribution in [0.5, 0.6) is 0 Å². The molecule has 0 amide bonds. The van der Waals surface area contributed by atoms with Gasteiger partial charge in [0.1, 0.15) is 0 Å². The van der Waals surface area contributed by atoms with Crippen molar-refractivity contribution in [3.05, 3.63) is 188 Å². The number of hydrogen-bond acceptors (Lipinski definition) is 1. The largest absolute Gasteiger partial charge is 0.310 e. The van der Waals surface area contributed by atoms with Crippen molar-refractivity contribution in [2.45, 2.75) is 0 Å². The van der Waals surface area contributed by atoms with Crippen molar-refractivity contribution in [3.63, 3.8) is 0 Å². The van der Waals surface area contributed by atoms with E-state index < -0.39 is 0 Å². The Morgan fingerprint density at radius 2 is 0.809 bits per heavy atom. The van der Waals surface area contributed by atoms with Gasteiger partial charge in [-0.25, -0.2) is 0 Å². The molecule has 0 aliphatic rings. The maximum Gasteiger partial charge on any atom is 0.0645 e. The fourth-order valence-corrected chi connectivity index (χ4v) is 6.46. The predicted molar refractivity (Wildman–Crippen MR) is 202 cm³/mol. The summed E-state index contributed by atoms with van der Waals surface area (Å²) in [7, 11) is 0. The van der Waals surface area contributed by atoms with Crippen molar-refractivity contribution in [1.82, 2.24) is 0 Å². The maximum absolute atomic E-state index is 9.59. The molecule has 47 heavy (non-hydrogen) atoms. The summed E-state index contributed by atoms with van der Waals surface area (Å²) >= 11 is 0. The summed E-state index contributed by atoms with van der Waals surface area (Å²) in [5.41, 5.74) is 1.32. The van der Waals surface area contributed by atoms with E-state index in [2.05, 4.69) is 0 Å².